The molecule has 19 heavy (non-hydrogen) atoms. The van der Waals surface area contributed by atoms with Crippen LogP contribution in [0.5, 0.6) is 0 Å². The zero-order chi connectivity index (χ0) is 13.5. The first kappa shape index (κ1) is 13.9. The molecule has 1 amide bonds. The van der Waals surface area contributed by atoms with Crippen LogP contribution in [-0.2, 0) is 11.3 Å². The van der Waals surface area contributed by atoms with E-state index in [2.05, 4.69) is 5.32 Å². The van der Waals surface area contributed by atoms with Crippen LogP contribution < -0.4 is 5.32 Å². The molecule has 0 spiro atoms. The number of likely N-dealkylation sites (tertiary alicyclic amines) is 1. The summed E-state index contributed by atoms with van der Waals surface area (Å²) in [6.45, 7) is 3.02. The molecule has 1 aromatic rings. The lowest BCUT2D eigenvalue weighted by molar-refractivity contribution is 0.103. The molecule has 1 aliphatic heterocycles. The van der Waals surface area contributed by atoms with E-state index < -0.39 is 0 Å². The van der Waals surface area contributed by atoms with E-state index in [1.54, 1.807) is 0 Å². The monoisotopic (exact) mass is 262 g/mol. The summed E-state index contributed by atoms with van der Waals surface area (Å²) in [4.78, 5) is 13.7. The molecule has 1 unspecified atom stereocenters. The highest BCUT2D eigenvalue weighted by molar-refractivity contribution is 5.68. The zero-order valence-corrected chi connectivity index (χ0v) is 11.5. The summed E-state index contributed by atoms with van der Waals surface area (Å²) >= 11 is 0. The second-order valence-corrected chi connectivity index (χ2v) is 5.03. The summed E-state index contributed by atoms with van der Waals surface area (Å²) in [5.74, 6) is 0.608. The number of nitrogens with one attached hydrogen (secondary N) is 1. The first-order valence-electron chi connectivity index (χ1n) is 6.90. The molecule has 4 heteroatoms. The molecule has 1 N–H and O–H groups in total. The standard InChI is InChI=1S/C15H22N2O2/c1-16-9-7-13-8-10-17(11-13)15(18)19-12-14-5-3-2-4-6-14/h2-6,13,16H,7-12H2,1H3. The van der Waals surface area contributed by atoms with Crippen molar-refractivity contribution in [1.82, 2.24) is 10.2 Å². The number of carbonyl (C=O) groups excluding carboxylic acids is 1. The molecular formula is C15H22N2O2. The lowest BCUT2D eigenvalue weighted by Gasteiger charge is -2.16. The van der Waals surface area contributed by atoms with E-state index in [0.717, 1.165) is 38.0 Å². The van der Waals surface area contributed by atoms with E-state index in [9.17, 15) is 4.79 Å². The molecule has 2 rings (SSSR count). The number of carbonyl (C=O) groups is 1. The van der Waals surface area contributed by atoms with E-state index in [4.69, 9.17) is 4.74 Å². The van der Waals surface area contributed by atoms with Crippen LogP contribution >= 0.6 is 0 Å². The third-order valence-corrected chi connectivity index (χ3v) is 3.55. The maximum absolute atomic E-state index is 11.9. The fourth-order valence-electron chi connectivity index (χ4n) is 2.39. The van der Waals surface area contributed by atoms with Gasteiger partial charge in [-0.15, -0.1) is 0 Å². The maximum Gasteiger partial charge on any atom is 0.410 e. The lowest BCUT2D eigenvalue weighted by Crippen LogP contribution is -2.29. The lowest BCUT2D eigenvalue weighted by atomic mass is 10.1. The van der Waals surface area contributed by atoms with Crippen LogP contribution in [0.4, 0.5) is 4.79 Å². The average Bonchev–Trinajstić information content (AvgIpc) is 2.92. The van der Waals surface area contributed by atoms with Crippen LogP contribution in [0.25, 0.3) is 0 Å². The van der Waals surface area contributed by atoms with Gasteiger partial charge in [0.15, 0.2) is 0 Å². The number of benzene rings is 1. The highest BCUT2D eigenvalue weighted by Gasteiger charge is 2.26. The number of nitrogens with zero attached hydrogens (tertiary/aromatic N) is 1. The fraction of sp³-hybridized carbons (Fsp3) is 0.533. The molecule has 1 atom stereocenters. The SMILES string of the molecule is CNCCC1CCN(C(=O)OCc2ccccc2)C1. The van der Waals surface area contributed by atoms with Gasteiger partial charge in [-0.05, 0) is 37.9 Å². The van der Waals surface area contributed by atoms with Crippen molar-refractivity contribution in [3.8, 4) is 0 Å². The molecular weight excluding hydrogens is 240 g/mol. The van der Waals surface area contributed by atoms with Gasteiger partial charge in [-0.1, -0.05) is 30.3 Å². The van der Waals surface area contributed by atoms with Gasteiger partial charge in [-0.3, -0.25) is 0 Å². The van der Waals surface area contributed by atoms with Crippen molar-refractivity contribution in [3.63, 3.8) is 0 Å². The third kappa shape index (κ3) is 4.24. The van der Waals surface area contributed by atoms with Gasteiger partial charge >= 0.3 is 6.09 Å². The van der Waals surface area contributed by atoms with Crippen LogP contribution in [0.3, 0.4) is 0 Å². The Balaban J connectivity index is 1.72. The van der Waals surface area contributed by atoms with E-state index in [1.807, 2.05) is 42.3 Å². The molecule has 0 radical (unpaired) electrons. The summed E-state index contributed by atoms with van der Waals surface area (Å²) < 4.78 is 5.34. The van der Waals surface area contributed by atoms with E-state index >= 15 is 0 Å². The Labute approximate surface area is 114 Å². The van der Waals surface area contributed by atoms with Crippen molar-refractivity contribution in [1.29, 1.82) is 0 Å². The quantitative estimate of drug-likeness (QED) is 0.885. The molecule has 4 nitrogen and oxygen atoms in total. The smallest absolute Gasteiger partial charge is 0.410 e. The Morgan fingerprint density at radius 3 is 2.95 bits per heavy atom. The fourth-order valence-corrected chi connectivity index (χ4v) is 2.39. The predicted molar refractivity (Wildman–Crippen MR) is 74.9 cm³/mol. The second kappa shape index (κ2) is 7.14. The van der Waals surface area contributed by atoms with Gasteiger partial charge in [-0.25, -0.2) is 4.79 Å². The van der Waals surface area contributed by atoms with Gasteiger partial charge in [0, 0.05) is 13.1 Å². The third-order valence-electron chi connectivity index (χ3n) is 3.55. The van der Waals surface area contributed by atoms with Gasteiger partial charge < -0.3 is 15.0 Å². The molecule has 0 bridgehead atoms. The van der Waals surface area contributed by atoms with Crippen molar-refractivity contribution in [2.24, 2.45) is 5.92 Å². The first-order chi connectivity index (χ1) is 9.29. The summed E-state index contributed by atoms with van der Waals surface area (Å²) in [5.41, 5.74) is 1.03. The van der Waals surface area contributed by atoms with Crippen LogP contribution in [-0.4, -0.2) is 37.7 Å². The number of rotatable bonds is 5. The second-order valence-electron chi connectivity index (χ2n) is 5.03. The summed E-state index contributed by atoms with van der Waals surface area (Å²) in [7, 11) is 1.96. The number of hydrogen-bond donors (Lipinski definition) is 1. The van der Waals surface area contributed by atoms with Crippen molar-refractivity contribution in [3.05, 3.63) is 35.9 Å². The highest BCUT2D eigenvalue weighted by atomic mass is 16.6. The summed E-state index contributed by atoms with van der Waals surface area (Å²) in [6, 6.07) is 9.79. The van der Waals surface area contributed by atoms with Crippen LogP contribution in [0.15, 0.2) is 30.3 Å². The molecule has 1 heterocycles. The normalized spacial score (nSPS) is 18.6. The predicted octanol–water partition coefficient (Wildman–Crippen LogP) is 2.25. The largest absolute Gasteiger partial charge is 0.445 e. The minimum atomic E-state index is -0.184. The van der Waals surface area contributed by atoms with Crippen LogP contribution in [0.1, 0.15) is 18.4 Å². The van der Waals surface area contributed by atoms with Gasteiger partial charge in [0.2, 0.25) is 0 Å². The first-order valence-corrected chi connectivity index (χ1v) is 6.90. The zero-order valence-electron chi connectivity index (χ0n) is 11.5. The molecule has 1 aliphatic rings. The maximum atomic E-state index is 11.9. The van der Waals surface area contributed by atoms with Gasteiger partial charge in [0.1, 0.15) is 6.61 Å². The Kier molecular flexibility index (Phi) is 5.21. The molecule has 1 saturated heterocycles. The van der Waals surface area contributed by atoms with Gasteiger partial charge in [0.05, 0.1) is 0 Å². The Morgan fingerprint density at radius 1 is 1.42 bits per heavy atom. The van der Waals surface area contributed by atoms with Crippen LogP contribution in [0, 0.1) is 5.92 Å². The van der Waals surface area contributed by atoms with Crippen molar-refractivity contribution < 1.29 is 9.53 Å². The molecule has 0 aromatic heterocycles. The highest BCUT2D eigenvalue weighted by Crippen LogP contribution is 2.20. The van der Waals surface area contributed by atoms with Crippen molar-refractivity contribution in [2.45, 2.75) is 19.4 Å². The van der Waals surface area contributed by atoms with E-state index in [1.165, 1.54) is 0 Å². The number of hydrogen-bond acceptors (Lipinski definition) is 3. The Bertz CT molecular complexity index is 394. The van der Waals surface area contributed by atoms with Crippen molar-refractivity contribution in [2.75, 3.05) is 26.7 Å². The van der Waals surface area contributed by atoms with E-state index in [-0.39, 0.29) is 6.09 Å². The Morgan fingerprint density at radius 2 is 2.21 bits per heavy atom. The van der Waals surface area contributed by atoms with Crippen molar-refractivity contribution >= 4 is 6.09 Å². The molecule has 1 fully saturated rings. The molecule has 104 valence electrons. The van der Waals surface area contributed by atoms with E-state index in [0.29, 0.717) is 12.5 Å². The number of amides is 1. The van der Waals surface area contributed by atoms with Crippen LogP contribution in [0.2, 0.25) is 0 Å². The minimum Gasteiger partial charge on any atom is -0.445 e. The molecule has 0 saturated carbocycles. The average molecular weight is 262 g/mol. The van der Waals surface area contributed by atoms with Gasteiger partial charge in [-0.2, -0.15) is 0 Å². The summed E-state index contributed by atoms with van der Waals surface area (Å²) in [5, 5.41) is 3.15. The Hall–Kier alpha value is -1.55. The molecule has 0 aliphatic carbocycles. The minimum absolute atomic E-state index is 0.184. The molecule has 1 aromatic carbocycles. The number of ether oxygens (including phenoxy) is 1. The van der Waals surface area contributed by atoms with Gasteiger partial charge in [0.25, 0.3) is 0 Å². The topological polar surface area (TPSA) is 41.6 Å². The summed E-state index contributed by atoms with van der Waals surface area (Å²) in [6.07, 6.45) is 2.02.